The minimum atomic E-state index is 0.729. The first-order valence-corrected chi connectivity index (χ1v) is 10.1. The van der Waals surface area contributed by atoms with E-state index < -0.39 is 0 Å². The second kappa shape index (κ2) is 7.78. The Morgan fingerprint density at radius 3 is 2.58 bits per heavy atom. The fourth-order valence-corrected chi connectivity index (χ4v) is 4.96. The molecule has 2 heterocycles. The van der Waals surface area contributed by atoms with Crippen molar-refractivity contribution in [2.45, 2.75) is 18.9 Å². The molecule has 0 radical (unpaired) electrons. The van der Waals surface area contributed by atoms with Crippen molar-refractivity contribution in [2.24, 2.45) is 0 Å². The molecule has 0 aliphatic carbocycles. The van der Waals surface area contributed by atoms with Gasteiger partial charge >= 0.3 is 0 Å². The molecule has 124 valence electrons. The van der Waals surface area contributed by atoms with Crippen LogP contribution in [0.3, 0.4) is 0 Å². The van der Waals surface area contributed by atoms with Crippen molar-refractivity contribution in [3.63, 3.8) is 0 Å². The molecule has 0 spiro atoms. The molecule has 3 aromatic rings. The highest BCUT2D eigenvalue weighted by molar-refractivity contribution is 8.23. The number of hydrogen-bond donors (Lipinski definition) is 0. The number of halogens is 1. The number of rotatable bonds is 4. The van der Waals surface area contributed by atoms with Crippen LogP contribution in [0.2, 0.25) is 5.02 Å². The zero-order valence-corrected chi connectivity index (χ0v) is 16.5. The normalized spacial score (nSPS) is 11.0. The van der Waals surface area contributed by atoms with E-state index in [1.165, 1.54) is 11.8 Å². The third-order valence-electron chi connectivity index (χ3n) is 3.70. The highest BCUT2D eigenvalue weighted by Gasteiger charge is 2.16. The maximum Gasteiger partial charge on any atom is 0.142 e. The number of thiophene rings is 1. The van der Waals surface area contributed by atoms with Crippen LogP contribution in [0.1, 0.15) is 13.8 Å². The molecule has 24 heavy (non-hydrogen) atoms. The van der Waals surface area contributed by atoms with Crippen LogP contribution in [-0.4, -0.2) is 32.3 Å². The molecule has 0 fully saturated rings. The predicted octanol–water partition coefficient (Wildman–Crippen LogP) is 5.73. The van der Waals surface area contributed by atoms with Crippen LogP contribution >= 0.6 is 46.9 Å². The molecule has 0 amide bonds. The summed E-state index contributed by atoms with van der Waals surface area (Å²) in [5, 5.41) is 4.81. The van der Waals surface area contributed by atoms with Crippen LogP contribution in [0.4, 0.5) is 0 Å². The van der Waals surface area contributed by atoms with E-state index in [2.05, 4.69) is 34.1 Å². The Kier molecular flexibility index (Phi) is 5.71. The topological polar surface area (TPSA) is 29.0 Å². The van der Waals surface area contributed by atoms with E-state index in [9.17, 15) is 0 Å². The maximum atomic E-state index is 6.01. The van der Waals surface area contributed by atoms with Crippen molar-refractivity contribution in [1.29, 1.82) is 0 Å². The number of fused-ring (bicyclic) bond motifs is 1. The van der Waals surface area contributed by atoms with Gasteiger partial charge in [0.1, 0.15) is 20.5 Å². The molecule has 0 atom stereocenters. The van der Waals surface area contributed by atoms with Gasteiger partial charge in [0.15, 0.2) is 0 Å². The van der Waals surface area contributed by atoms with Crippen molar-refractivity contribution >= 4 is 61.5 Å². The number of benzene rings is 1. The molecule has 2 aromatic heterocycles. The molecular formula is C17H16ClN3S3. The van der Waals surface area contributed by atoms with Gasteiger partial charge in [-0.3, -0.25) is 0 Å². The molecule has 0 bridgehead atoms. The number of thioether (sulfide) groups is 1. The van der Waals surface area contributed by atoms with Gasteiger partial charge in [-0.15, -0.1) is 11.3 Å². The lowest BCUT2D eigenvalue weighted by Gasteiger charge is -2.20. The minimum absolute atomic E-state index is 0.729. The molecule has 7 heteroatoms. The number of nitrogens with zero attached hydrogens (tertiary/aromatic N) is 3. The fourth-order valence-electron chi connectivity index (χ4n) is 2.40. The van der Waals surface area contributed by atoms with E-state index in [4.69, 9.17) is 23.8 Å². The summed E-state index contributed by atoms with van der Waals surface area (Å²) in [7, 11) is 0. The van der Waals surface area contributed by atoms with Crippen molar-refractivity contribution in [3.8, 4) is 11.1 Å². The summed E-state index contributed by atoms with van der Waals surface area (Å²) in [4.78, 5) is 12.0. The van der Waals surface area contributed by atoms with Gasteiger partial charge in [0.2, 0.25) is 0 Å². The maximum absolute atomic E-state index is 6.01. The van der Waals surface area contributed by atoms with E-state index in [1.807, 2.05) is 24.3 Å². The van der Waals surface area contributed by atoms with Gasteiger partial charge < -0.3 is 4.90 Å². The molecule has 0 unspecified atom stereocenters. The zero-order chi connectivity index (χ0) is 17.1. The number of aromatic nitrogens is 2. The van der Waals surface area contributed by atoms with Crippen molar-refractivity contribution < 1.29 is 0 Å². The summed E-state index contributed by atoms with van der Waals surface area (Å²) < 4.78 is 0.841. The van der Waals surface area contributed by atoms with Crippen molar-refractivity contribution in [1.82, 2.24) is 14.9 Å². The fraction of sp³-hybridized carbons (Fsp3) is 0.235. The summed E-state index contributed by atoms with van der Waals surface area (Å²) in [6.45, 7) is 6.00. The lowest BCUT2D eigenvalue weighted by molar-refractivity contribution is 0.482. The summed E-state index contributed by atoms with van der Waals surface area (Å²) in [5.41, 5.74) is 2.23. The molecule has 1 aromatic carbocycles. The lowest BCUT2D eigenvalue weighted by atomic mass is 10.1. The van der Waals surface area contributed by atoms with Crippen LogP contribution in [0, 0.1) is 0 Å². The molecule has 0 N–H and O–H groups in total. The first kappa shape index (κ1) is 17.6. The Labute approximate surface area is 160 Å². The third-order valence-corrected chi connectivity index (χ3v) is 6.28. The van der Waals surface area contributed by atoms with Gasteiger partial charge in [-0.25, -0.2) is 9.97 Å². The average molecular weight is 394 g/mol. The Bertz CT molecular complexity index is 857. The average Bonchev–Trinajstić information content (AvgIpc) is 3.02. The Hall–Kier alpha value is -1.21. The van der Waals surface area contributed by atoms with Crippen LogP contribution in [0.5, 0.6) is 0 Å². The van der Waals surface area contributed by atoms with Crippen LogP contribution in [-0.2, 0) is 0 Å². The SMILES string of the molecule is CCN(CC)C(=S)Sc1ncnc2scc(-c3ccc(Cl)cc3)c12. The van der Waals surface area contributed by atoms with Gasteiger partial charge in [0.05, 0.1) is 5.39 Å². The Balaban J connectivity index is 2.04. The molecule has 0 saturated carbocycles. The summed E-state index contributed by atoms with van der Waals surface area (Å²) >= 11 is 14.7. The van der Waals surface area contributed by atoms with Crippen molar-refractivity contribution in [3.05, 3.63) is 41.0 Å². The van der Waals surface area contributed by atoms with Crippen LogP contribution in [0.25, 0.3) is 21.3 Å². The van der Waals surface area contributed by atoms with Gasteiger partial charge in [-0.05, 0) is 43.3 Å². The van der Waals surface area contributed by atoms with Gasteiger partial charge in [0.25, 0.3) is 0 Å². The zero-order valence-electron chi connectivity index (χ0n) is 13.3. The first-order valence-electron chi connectivity index (χ1n) is 7.59. The largest absolute Gasteiger partial charge is 0.358 e. The smallest absolute Gasteiger partial charge is 0.142 e. The van der Waals surface area contributed by atoms with E-state index in [1.54, 1.807) is 17.7 Å². The molecule has 0 aliphatic heterocycles. The second-order valence-corrected chi connectivity index (χ2v) is 7.97. The summed E-state index contributed by atoms with van der Waals surface area (Å²) in [6.07, 6.45) is 1.61. The Morgan fingerprint density at radius 1 is 1.21 bits per heavy atom. The van der Waals surface area contributed by atoms with Gasteiger partial charge in [-0.1, -0.05) is 36.0 Å². The van der Waals surface area contributed by atoms with Crippen molar-refractivity contribution in [2.75, 3.05) is 13.1 Å². The first-order chi connectivity index (χ1) is 11.6. The Morgan fingerprint density at radius 2 is 1.92 bits per heavy atom. The third kappa shape index (κ3) is 3.57. The quantitative estimate of drug-likeness (QED) is 0.320. The molecule has 0 aliphatic rings. The highest BCUT2D eigenvalue weighted by Crippen LogP contribution is 2.38. The molecular weight excluding hydrogens is 378 g/mol. The van der Waals surface area contributed by atoms with E-state index in [0.29, 0.717) is 0 Å². The molecule has 0 saturated heterocycles. The van der Waals surface area contributed by atoms with Crippen LogP contribution in [0.15, 0.2) is 41.0 Å². The van der Waals surface area contributed by atoms with Gasteiger partial charge in [0, 0.05) is 29.1 Å². The minimum Gasteiger partial charge on any atom is -0.358 e. The van der Waals surface area contributed by atoms with E-state index in [-0.39, 0.29) is 0 Å². The predicted molar refractivity (Wildman–Crippen MR) is 109 cm³/mol. The van der Waals surface area contributed by atoms with E-state index >= 15 is 0 Å². The monoisotopic (exact) mass is 393 g/mol. The summed E-state index contributed by atoms with van der Waals surface area (Å²) in [5.74, 6) is 0. The summed E-state index contributed by atoms with van der Waals surface area (Å²) in [6, 6.07) is 7.84. The lowest BCUT2D eigenvalue weighted by Crippen LogP contribution is -2.26. The standard InChI is InChI=1S/C17H16ClN3S3/c1-3-21(4-2)17(22)24-16-14-13(9-23-15(14)19-10-20-16)11-5-7-12(18)8-6-11/h5-10H,3-4H2,1-2H3. The number of hydrogen-bond acceptors (Lipinski definition) is 5. The molecule has 3 rings (SSSR count). The number of thiocarbonyl (C=S) groups is 1. The second-order valence-electron chi connectivity index (χ2n) is 5.06. The van der Waals surface area contributed by atoms with E-state index in [0.717, 1.165) is 48.8 Å². The molecule has 3 nitrogen and oxygen atoms in total. The van der Waals surface area contributed by atoms with Gasteiger partial charge in [-0.2, -0.15) is 0 Å². The van der Waals surface area contributed by atoms with Crippen LogP contribution < -0.4 is 0 Å². The highest BCUT2D eigenvalue weighted by atomic mass is 35.5.